The van der Waals surface area contributed by atoms with Crippen LogP contribution in [0.3, 0.4) is 0 Å². The lowest BCUT2D eigenvalue weighted by molar-refractivity contribution is 0.851. The highest BCUT2D eigenvalue weighted by atomic mass is 79.9. The molecular weight excluding hydrogens is 340 g/mol. The lowest BCUT2D eigenvalue weighted by Gasteiger charge is -2.00. The molecule has 1 aromatic carbocycles. The Balaban J connectivity index is 2.20. The van der Waals surface area contributed by atoms with E-state index < -0.39 is 0 Å². The van der Waals surface area contributed by atoms with Crippen molar-refractivity contribution in [3.05, 3.63) is 28.2 Å². The summed E-state index contributed by atoms with van der Waals surface area (Å²) >= 11 is 4.94. The second-order valence-corrected chi connectivity index (χ2v) is 5.83. The first-order valence-corrected chi connectivity index (χ1v) is 7.81. The van der Waals surface area contributed by atoms with Crippen LogP contribution < -0.4 is 5.73 Å². The number of halogens is 1. The van der Waals surface area contributed by atoms with E-state index in [-0.39, 0.29) is 5.95 Å². The molecular formula is C12H11BrN6S. The van der Waals surface area contributed by atoms with Crippen LogP contribution in [0, 0.1) is 6.92 Å². The van der Waals surface area contributed by atoms with Gasteiger partial charge in [-0.15, -0.1) is 5.10 Å². The maximum Gasteiger partial charge on any atom is 0.258 e. The van der Waals surface area contributed by atoms with E-state index in [4.69, 9.17) is 5.73 Å². The van der Waals surface area contributed by atoms with Gasteiger partial charge in [-0.3, -0.25) is 0 Å². The Morgan fingerprint density at radius 2 is 2.05 bits per heavy atom. The van der Waals surface area contributed by atoms with Crippen molar-refractivity contribution in [2.75, 3.05) is 12.0 Å². The SMILES string of the molecule is CSc1nc(N)n2nc(-c3ccc(C)cc3Br)nc2n1. The van der Waals surface area contributed by atoms with Crippen LogP contribution >= 0.6 is 27.7 Å². The van der Waals surface area contributed by atoms with Crippen LogP contribution in [-0.4, -0.2) is 30.8 Å². The number of nitrogens with zero attached hydrogens (tertiary/aromatic N) is 5. The first kappa shape index (κ1) is 13.3. The standard InChI is InChI=1S/C12H11BrN6S/c1-6-3-4-7(8(13)5-6)9-15-11-17-12(20-2)16-10(14)19(11)18-9/h3-5H,1-2H3,(H2,14,15,16,17,18). The van der Waals surface area contributed by atoms with Gasteiger partial charge < -0.3 is 5.73 Å². The van der Waals surface area contributed by atoms with E-state index in [1.54, 1.807) is 0 Å². The van der Waals surface area contributed by atoms with Gasteiger partial charge in [-0.25, -0.2) is 0 Å². The van der Waals surface area contributed by atoms with E-state index in [1.165, 1.54) is 16.3 Å². The average molecular weight is 351 g/mol. The molecule has 0 saturated heterocycles. The van der Waals surface area contributed by atoms with E-state index in [2.05, 4.69) is 36.0 Å². The van der Waals surface area contributed by atoms with Crippen LogP contribution in [0.15, 0.2) is 27.8 Å². The third-order valence-electron chi connectivity index (χ3n) is 2.76. The molecule has 2 aromatic heterocycles. The maximum atomic E-state index is 5.87. The van der Waals surface area contributed by atoms with Crippen molar-refractivity contribution in [1.29, 1.82) is 0 Å². The van der Waals surface area contributed by atoms with E-state index in [9.17, 15) is 0 Å². The molecule has 102 valence electrons. The molecule has 0 bridgehead atoms. The maximum absolute atomic E-state index is 5.87. The van der Waals surface area contributed by atoms with Crippen molar-refractivity contribution >= 4 is 39.4 Å². The predicted octanol–water partition coefficient (Wildman–Crippen LogP) is 2.56. The number of hydrogen-bond acceptors (Lipinski definition) is 6. The minimum Gasteiger partial charge on any atom is -0.368 e. The monoisotopic (exact) mass is 350 g/mol. The average Bonchev–Trinajstić information content (AvgIpc) is 2.82. The summed E-state index contributed by atoms with van der Waals surface area (Å²) in [6, 6.07) is 5.99. The van der Waals surface area contributed by atoms with Crippen molar-refractivity contribution in [2.24, 2.45) is 0 Å². The Morgan fingerprint density at radius 3 is 2.75 bits per heavy atom. The van der Waals surface area contributed by atoms with Gasteiger partial charge in [-0.1, -0.05) is 33.8 Å². The number of nitrogens with two attached hydrogens (primary N) is 1. The Morgan fingerprint density at radius 1 is 1.25 bits per heavy atom. The lowest BCUT2D eigenvalue weighted by atomic mass is 10.1. The van der Waals surface area contributed by atoms with Gasteiger partial charge in [-0.05, 0) is 30.9 Å². The molecule has 2 heterocycles. The van der Waals surface area contributed by atoms with Crippen LogP contribution in [0.1, 0.15) is 5.56 Å². The number of benzene rings is 1. The third-order valence-corrected chi connectivity index (χ3v) is 3.96. The fraction of sp³-hybridized carbons (Fsp3) is 0.167. The second kappa shape index (κ2) is 5.02. The van der Waals surface area contributed by atoms with E-state index in [0.29, 0.717) is 16.8 Å². The molecule has 0 unspecified atom stereocenters. The first-order chi connectivity index (χ1) is 9.58. The van der Waals surface area contributed by atoms with Crippen LogP contribution in [0.25, 0.3) is 17.2 Å². The van der Waals surface area contributed by atoms with Gasteiger partial charge in [0.05, 0.1) is 0 Å². The number of thioether (sulfide) groups is 1. The third kappa shape index (κ3) is 2.25. The number of aryl methyl sites for hydroxylation is 1. The summed E-state index contributed by atoms with van der Waals surface area (Å²) in [6.45, 7) is 2.03. The fourth-order valence-electron chi connectivity index (χ4n) is 1.79. The van der Waals surface area contributed by atoms with Gasteiger partial charge in [0.1, 0.15) is 0 Å². The van der Waals surface area contributed by atoms with Gasteiger partial charge in [0.25, 0.3) is 5.78 Å². The van der Waals surface area contributed by atoms with Crippen molar-refractivity contribution in [2.45, 2.75) is 12.1 Å². The molecule has 0 spiro atoms. The van der Waals surface area contributed by atoms with E-state index in [0.717, 1.165) is 15.6 Å². The highest BCUT2D eigenvalue weighted by Gasteiger charge is 2.13. The molecule has 0 atom stereocenters. The summed E-state index contributed by atoms with van der Waals surface area (Å²) in [5, 5.41) is 4.95. The number of rotatable bonds is 2. The molecule has 0 saturated carbocycles. The smallest absolute Gasteiger partial charge is 0.258 e. The van der Waals surface area contributed by atoms with Crippen LogP contribution in [0.4, 0.5) is 5.95 Å². The lowest BCUT2D eigenvalue weighted by Crippen LogP contribution is -2.04. The number of nitrogen functional groups attached to an aromatic ring is 1. The quantitative estimate of drug-likeness (QED) is 0.715. The van der Waals surface area contributed by atoms with Crippen LogP contribution in [0.2, 0.25) is 0 Å². The largest absolute Gasteiger partial charge is 0.368 e. The topological polar surface area (TPSA) is 82.0 Å². The van der Waals surface area contributed by atoms with E-state index in [1.807, 2.05) is 31.4 Å². The predicted molar refractivity (Wildman–Crippen MR) is 82.6 cm³/mol. The zero-order chi connectivity index (χ0) is 14.3. The molecule has 0 aliphatic heterocycles. The molecule has 2 N–H and O–H groups in total. The zero-order valence-electron chi connectivity index (χ0n) is 10.8. The molecule has 0 aliphatic carbocycles. The fourth-order valence-corrected chi connectivity index (χ4v) is 2.82. The molecule has 6 nitrogen and oxygen atoms in total. The van der Waals surface area contributed by atoms with Crippen LogP contribution in [-0.2, 0) is 0 Å². The minimum atomic E-state index is 0.279. The molecule has 8 heteroatoms. The zero-order valence-corrected chi connectivity index (χ0v) is 13.2. The second-order valence-electron chi connectivity index (χ2n) is 4.20. The van der Waals surface area contributed by atoms with Gasteiger partial charge in [-0.2, -0.15) is 19.5 Å². The van der Waals surface area contributed by atoms with Gasteiger partial charge in [0, 0.05) is 10.0 Å². The van der Waals surface area contributed by atoms with Gasteiger partial charge in [0.2, 0.25) is 5.95 Å². The number of hydrogen-bond donors (Lipinski definition) is 1. The Labute approximate surface area is 128 Å². The Hall–Kier alpha value is -1.67. The van der Waals surface area contributed by atoms with Crippen molar-refractivity contribution in [3.63, 3.8) is 0 Å². The molecule has 0 radical (unpaired) electrons. The number of anilines is 1. The molecule has 3 rings (SSSR count). The van der Waals surface area contributed by atoms with Crippen LogP contribution in [0.5, 0.6) is 0 Å². The first-order valence-electron chi connectivity index (χ1n) is 5.79. The normalized spacial score (nSPS) is 11.2. The molecule has 3 aromatic rings. The highest BCUT2D eigenvalue weighted by molar-refractivity contribution is 9.10. The van der Waals surface area contributed by atoms with Crippen molar-refractivity contribution < 1.29 is 0 Å². The van der Waals surface area contributed by atoms with Gasteiger partial charge in [0.15, 0.2) is 11.0 Å². The van der Waals surface area contributed by atoms with Crippen molar-refractivity contribution in [1.82, 2.24) is 24.6 Å². The molecule has 0 fully saturated rings. The summed E-state index contributed by atoms with van der Waals surface area (Å²) in [7, 11) is 0. The summed E-state index contributed by atoms with van der Waals surface area (Å²) in [6.07, 6.45) is 1.89. The number of fused-ring (bicyclic) bond motifs is 1. The summed E-state index contributed by atoms with van der Waals surface area (Å²) < 4.78 is 2.38. The summed E-state index contributed by atoms with van der Waals surface area (Å²) in [5.41, 5.74) is 7.93. The Kier molecular flexibility index (Phi) is 3.35. The highest BCUT2D eigenvalue weighted by Crippen LogP contribution is 2.27. The molecule has 0 amide bonds. The summed E-state index contributed by atoms with van der Waals surface area (Å²) in [5.74, 6) is 1.29. The molecule has 0 aliphatic rings. The van der Waals surface area contributed by atoms with E-state index >= 15 is 0 Å². The number of aromatic nitrogens is 5. The van der Waals surface area contributed by atoms with Crippen molar-refractivity contribution in [3.8, 4) is 11.4 Å². The minimum absolute atomic E-state index is 0.279. The molecule has 20 heavy (non-hydrogen) atoms. The summed E-state index contributed by atoms with van der Waals surface area (Å²) in [4.78, 5) is 12.9. The van der Waals surface area contributed by atoms with Gasteiger partial charge >= 0.3 is 0 Å². The Bertz CT molecular complexity index is 800.